The molecule has 0 radical (unpaired) electrons. The van der Waals surface area contributed by atoms with Gasteiger partial charge in [-0.3, -0.25) is 9.52 Å². The number of hydrogen-bond donors (Lipinski definition) is 1. The second-order valence-electron chi connectivity index (χ2n) is 4.38. The minimum Gasteiger partial charge on any atom is -0.289 e. The lowest BCUT2D eigenvalue weighted by Gasteiger charge is -2.07. The maximum Gasteiger partial charge on any atom is 0.229 e. The summed E-state index contributed by atoms with van der Waals surface area (Å²) in [6.45, 7) is 0. The molecule has 2 aromatic carbocycles. The van der Waals surface area contributed by atoms with Crippen LogP contribution in [-0.4, -0.2) is 20.5 Å². The van der Waals surface area contributed by atoms with Crippen LogP contribution in [0.2, 0.25) is 5.02 Å². The molecule has 7 heteroatoms. The fourth-order valence-corrected chi connectivity index (χ4v) is 2.88. The van der Waals surface area contributed by atoms with E-state index >= 15 is 0 Å². The number of ketones is 1. The summed E-state index contributed by atoms with van der Waals surface area (Å²) in [5, 5.41) is 0.348. The van der Waals surface area contributed by atoms with Gasteiger partial charge in [-0.1, -0.05) is 17.7 Å². The number of carbonyl (C=O) groups is 1. The van der Waals surface area contributed by atoms with Crippen LogP contribution in [0.5, 0.6) is 0 Å². The Bertz CT molecular complexity index is 788. The van der Waals surface area contributed by atoms with Gasteiger partial charge in [0.25, 0.3) is 0 Å². The molecule has 0 bridgehead atoms. The third kappa shape index (κ3) is 4.06. The quantitative estimate of drug-likeness (QED) is 0.812. The van der Waals surface area contributed by atoms with Crippen LogP contribution < -0.4 is 4.72 Å². The molecule has 0 spiro atoms. The minimum atomic E-state index is -3.34. The molecule has 0 aliphatic carbocycles. The van der Waals surface area contributed by atoms with Crippen molar-refractivity contribution in [1.82, 2.24) is 0 Å². The first kappa shape index (κ1) is 16.0. The highest BCUT2D eigenvalue weighted by Crippen LogP contribution is 2.28. The Labute approximate surface area is 136 Å². The molecule has 0 saturated carbocycles. The molecule has 110 valence electrons. The molecule has 0 unspecified atom stereocenters. The van der Waals surface area contributed by atoms with Crippen molar-refractivity contribution in [3.8, 4) is 0 Å². The Kier molecular flexibility index (Phi) is 4.70. The summed E-state index contributed by atoms with van der Waals surface area (Å²) >= 11 is 9.37. The molecule has 0 atom stereocenters. The maximum atomic E-state index is 12.4. The molecule has 0 aliphatic heterocycles. The van der Waals surface area contributed by atoms with Gasteiger partial charge in [0.05, 0.1) is 11.3 Å². The van der Waals surface area contributed by atoms with Crippen LogP contribution in [0.3, 0.4) is 0 Å². The van der Waals surface area contributed by atoms with Crippen LogP contribution in [0.4, 0.5) is 5.69 Å². The normalized spacial score (nSPS) is 11.2. The Hall–Kier alpha value is -1.37. The molecule has 0 amide bonds. The number of carbonyl (C=O) groups excluding carboxylic acids is 1. The SMILES string of the molecule is CS(=O)(=O)Nc1ccc(C(=O)c2cccc(Br)c2Cl)cc1. The zero-order valence-corrected chi connectivity index (χ0v) is 14.1. The summed E-state index contributed by atoms with van der Waals surface area (Å²) in [5.74, 6) is -0.229. The van der Waals surface area contributed by atoms with E-state index in [4.69, 9.17) is 11.6 Å². The Balaban J connectivity index is 2.30. The average Bonchev–Trinajstić information content (AvgIpc) is 2.40. The second-order valence-corrected chi connectivity index (χ2v) is 7.36. The minimum absolute atomic E-state index is 0.229. The van der Waals surface area contributed by atoms with Gasteiger partial charge in [-0.25, -0.2) is 8.42 Å². The fourth-order valence-electron chi connectivity index (χ4n) is 1.74. The van der Waals surface area contributed by atoms with E-state index in [1.807, 2.05) is 0 Å². The van der Waals surface area contributed by atoms with Gasteiger partial charge in [0, 0.05) is 21.3 Å². The van der Waals surface area contributed by atoms with Crippen molar-refractivity contribution in [2.75, 3.05) is 11.0 Å². The van der Waals surface area contributed by atoms with Gasteiger partial charge in [-0.2, -0.15) is 0 Å². The Morgan fingerprint density at radius 3 is 2.33 bits per heavy atom. The highest BCUT2D eigenvalue weighted by Gasteiger charge is 2.14. The smallest absolute Gasteiger partial charge is 0.229 e. The van der Waals surface area contributed by atoms with Crippen molar-refractivity contribution in [2.45, 2.75) is 0 Å². The topological polar surface area (TPSA) is 63.2 Å². The molecule has 4 nitrogen and oxygen atoms in total. The molecule has 0 fully saturated rings. The van der Waals surface area contributed by atoms with Crippen molar-refractivity contribution in [1.29, 1.82) is 0 Å². The van der Waals surface area contributed by atoms with Crippen LogP contribution in [0, 0.1) is 0 Å². The molecule has 2 rings (SSSR count). The van der Waals surface area contributed by atoms with Crippen LogP contribution in [0.15, 0.2) is 46.9 Å². The van der Waals surface area contributed by atoms with E-state index in [2.05, 4.69) is 20.7 Å². The molecule has 0 saturated heterocycles. The summed E-state index contributed by atoms with van der Waals surface area (Å²) in [5.41, 5.74) is 1.21. The van der Waals surface area contributed by atoms with E-state index in [-0.39, 0.29) is 5.78 Å². The monoisotopic (exact) mass is 387 g/mol. The first-order valence-corrected chi connectivity index (χ1v) is 8.91. The van der Waals surface area contributed by atoms with E-state index < -0.39 is 10.0 Å². The average molecular weight is 389 g/mol. The third-order valence-electron chi connectivity index (χ3n) is 2.65. The van der Waals surface area contributed by atoms with E-state index in [1.54, 1.807) is 30.3 Å². The van der Waals surface area contributed by atoms with Crippen molar-refractivity contribution < 1.29 is 13.2 Å². The van der Waals surface area contributed by atoms with Crippen molar-refractivity contribution in [3.63, 3.8) is 0 Å². The molecule has 2 aromatic rings. The number of anilines is 1. The number of nitrogens with one attached hydrogen (secondary N) is 1. The van der Waals surface area contributed by atoms with Gasteiger partial charge < -0.3 is 0 Å². The predicted octanol–water partition coefficient (Wildman–Crippen LogP) is 3.71. The zero-order valence-electron chi connectivity index (χ0n) is 10.9. The fraction of sp³-hybridized carbons (Fsp3) is 0.0714. The second kappa shape index (κ2) is 6.17. The molecule has 0 aromatic heterocycles. The highest BCUT2D eigenvalue weighted by molar-refractivity contribution is 9.10. The van der Waals surface area contributed by atoms with Crippen molar-refractivity contribution >= 4 is 49.0 Å². The first-order valence-electron chi connectivity index (χ1n) is 5.84. The van der Waals surface area contributed by atoms with Gasteiger partial charge in [0.15, 0.2) is 5.78 Å². The molecule has 1 N–H and O–H groups in total. The third-order valence-corrected chi connectivity index (χ3v) is 4.55. The van der Waals surface area contributed by atoms with Gasteiger partial charge in [0.2, 0.25) is 10.0 Å². The summed E-state index contributed by atoms with van der Waals surface area (Å²) in [7, 11) is -3.34. The van der Waals surface area contributed by atoms with Crippen molar-refractivity contribution in [2.24, 2.45) is 0 Å². The van der Waals surface area contributed by atoms with E-state index in [1.165, 1.54) is 12.1 Å². The lowest BCUT2D eigenvalue weighted by molar-refractivity contribution is 0.103. The highest BCUT2D eigenvalue weighted by atomic mass is 79.9. The number of sulfonamides is 1. The molecular formula is C14H11BrClNO3S. The molecule has 0 aliphatic rings. The van der Waals surface area contributed by atoms with Gasteiger partial charge >= 0.3 is 0 Å². The summed E-state index contributed by atoms with van der Waals surface area (Å²) in [6, 6.07) is 11.3. The van der Waals surface area contributed by atoms with Gasteiger partial charge in [-0.05, 0) is 52.3 Å². The number of halogens is 2. The van der Waals surface area contributed by atoms with Crippen LogP contribution in [0.1, 0.15) is 15.9 Å². The van der Waals surface area contributed by atoms with Crippen LogP contribution in [-0.2, 0) is 10.0 Å². The first-order chi connectivity index (χ1) is 9.78. The standard InChI is InChI=1S/C14H11BrClNO3S/c1-21(19,20)17-10-7-5-9(6-8-10)14(18)11-3-2-4-12(15)13(11)16/h2-8,17H,1H3. The van der Waals surface area contributed by atoms with Gasteiger partial charge in [0.1, 0.15) is 0 Å². The number of rotatable bonds is 4. The van der Waals surface area contributed by atoms with Crippen LogP contribution in [0.25, 0.3) is 0 Å². The number of benzene rings is 2. The van der Waals surface area contributed by atoms with E-state index in [0.717, 1.165) is 6.26 Å². The summed E-state index contributed by atoms with van der Waals surface area (Å²) in [4.78, 5) is 12.4. The lowest BCUT2D eigenvalue weighted by atomic mass is 10.0. The van der Waals surface area contributed by atoms with E-state index in [9.17, 15) is 13.2 Å². The lowest BCUT2D eigenvalue weighted by Crippen LogP contribution is -2.09. The van der Waals surface area contributed by atoms with Crippen molar-refractivity contribution in [3.05, 3.63) is 63.1 Å². The summed E-state index contributed by atoms with van der Waals surface area (Å²) in [6.07, 6.45) is 1.06. The zero-order chi connectivity index (χ0) is 15.6. The maximum absolute atomic E-state index is 12.4. The molecule has 0 heterocycles. The molecular weight excluding hydrogens is 378 g/mol. The largest absolute Gasteiger partial charge is 0.289 e. The van der Waals surface area contributed by atoms with Gasteiger partial charge in [-0.15, -0.1) is 0 Å². The van der Waals surface area contributed by atoms with E-state index in [0.29, 0.717) is 26.3 Å². The molecule has 21 heavy (non-hydrogen) atoms. The Morgan fingerprint density at radius 2 is 1.76 bits per heavy atom. The predicted molar refractivity (Wildman–Crippen MR) is 87.5 cm³/mol. The summed E-state index contributed by atoms with van der Waals surface area (Å²) < 4.78 is 25.2. The number of hydrogen-bond acceptors (Lipinski definition) is 3. The van der Waals surface area contributed by atoms with Crippen LogP contribution >= 0.6 is 27.5 Å². The Morgan fingerprint density at radius 1 is 1.14 bits per heavy atom.